The first kappa shape index (κ1) is 16.1. The van der Waals surface area contributed by atoms with Gasteiger partial charge in [-0.25, -0.2) is 0 Å². The fraction of sp³-hybridized carbons (Fsp3) is 0.316. The van der Waals surface area contributed by atoms with Crippen LogP contribution in [0.3, 0.4) is 0 Å². The van der Waals surface area contributed by atoms with Crippen LogP contribution in [0.2, 0.25) is 0 Å². The van der Waals surface area contributed by atoms with Crippen LogP contribution in [0.1, 0.15) is 23.2 Å². The molecule has 2 aromatic rings. The SMILES string of the molecule is CSc1ccccc1-c1cccc(C(=O)N2CCCC(N)C2)c1. The second-order valence-electron chi connectivity index (χ2n) is 5.93. The predicted octanol–water partition coefficient (Wildman–Crippen LogP) is 3.64. The van der Waals surface area contributed by atoms with E-state index in [9.17, 15) is 4.79 Å². The fourth-order valence-electron chi connectivity index (χ4n) is 3.08. The van der Waals surface area contributed by atoms with E-state index < -0.39 is 0 Å². The number of hydrogen-bond acceptors (Lipinski definition) is 3. The number of nitrogens with zero attached hydrogens (tertiary/aromatic N) is 1. The van der Waals surface area contributed by atoms with Gasteiger partial charge < -0.3 is 10.6 Å². The van der Waals surface area contributed by atoms with Crippen LogP contribution >= 0.6 is 11.8 Å². The minimum absolute atomic E-state index is 0.0867. The van der Waals surface area contributed by atoms with Crippen molar-refractivity contribution >= 4 is 17.7 Å². The van der Waals surface area contributed by atoms with Crippen LogP contribution in [0, 0.1) is 0 Å². The topological polar surface area (TPSA) is 46.3 Å². The van der Waals surface area contributed by atoms with Gasteiger partial charge in [-0.1, -0.05) is 30.3 Å². The maximum Gasteiger partial charge on any atom is 0.253 e. The number of hydrogen-bond donors (Lipinski definition) is 1. The largest absolute Gasteiger partial charge is 0.337 e. The molecular formula is C19H22N2OS. The molecule has 2 aromatic carbocycles. The number of likely N-dealkylation sites (tertiary alicyclic amines) is 1. The molecule has 2 N–H and O–H groups in total. The van der Waals surface area contributed by atoms with E-state index in [1.165, 1.54) is 10.5 Å². The number of thioether (sulfide) groups is 1. The Morgan fingerprint density at radius 2 is 2.04 bits per heavy atom. The second-order valence-corrected chi connectivity index (χ2v) is 6.78. The van der Waals surface area contributed by atoms with Crippen molar-refractivity contribution in [3.8, 4) is 11.1 Å². The van der Waals surface area contributed by atoms with Gasteiger partial charge in [0.05, 0.1) is 0 Å². The Kier molecular flexibility index (Phi) is 5.03. The summed E-state index contributed by atoms with van der Waals surface area (Å²) in [6.45, 7) is 1.46. The highest BCUT2D eigenvalue weighted by atomic mass is 32.2. The summed E-state index contributed by atoms with van der Waals surface area (Å²) in [5.41, 5.74) is 9.00. The number of piperidine rings is 1. The van der Waals surface area contributed by atoms with Gasteiger partial charge in [-0.15, -0.1) is 11.8 Å². The number of carbonyl (C=O) groups is 1. The highest BCUT2D eigenvalue weighted by molar-refractivity contribution is 7.98. The highest BCUT2D eigenvalue weighted by Crippen LogP contribution is 2.30. The Hall–Kier alpha value is -1.78. The Morgan fingerprint density at radius 1 is 1.22 bits per heavy atom. The molecule has 0 aromatic heterocycles. The van der Waals surface area contributed by atoms with Crippen molar-refractivity contribution in [3.63, 3.8) is 0 Å². The Labute approximate surface area is 141 Å². The van der Waals surface area contributed by atoms with Crippen LogP contribution in [0.15, 0.2) is 53.4 Å². The molecule has 0 saturated carbocycles. The molecule has 1 amide bonds. The first-order valence-corrected chi connectivity index (χ1v) is 9.20. The van der Waals surface area contributed by atoms with Gasteiger partial charge in [0, 0.05) is 29.6 Å². The van der Waals surface area contributed by atoms with Crippen molar-refractivity contribution in [3.05, 3.63) is 54.1 Å². The molecule has 0 bridgehead atoms. The van der Waals surface area contributed by atoms with Crippen molar-refractivity contribution in [2.24, 2.45) is 5.73 Å². The number of carbonyl (C=O) groups excluding carboxylic acids is 1. The quantitative estimate of drug-likeness (QED) is 0.876. The zero-order valence-corrected chi connectivity index (χ0v) is 14.2. The van der Waals surface area contributed by atoms with E-state index in [2.05, 4.69) is 24.5 Å². The molecule has 3 rings (SSSR count). The zero-order chi connectivity index (χ0) is 16.2. The Balaban J connectivity index is 1.89. The monoisotopic (exact) mass is 326 g/mol. The van der Waals surface area contributed by atoms with Crippen LogP contribution < -0.4 is 5.73 Å². The lowest BCUT2D eigenvalue weighted by molar-refractivity contribution is 0.0709. The molecule has 1 aliphatic rings. The van der Waals surface area contributed by atoms with Gasteiger partial charge in [-0.3, -0.25) is 4.79 Å². The van der Waals surface area contributed by atoms with Crippen molar-refractivity contribution in [1.29, 1.82) is 0 Å². The van der Waals surface area contributed by atoms with E-state index in [0.717, 1.165) is 30.5 Å². The summed E-state index contributed by atoms with van der Waals surface area (Å²) in [6, 6.07) is 16.3. The molecule has 1 aliphatic heterocycles. The van der Waals surface area contributed by atoms with E-state index in [1.54, 1.807) is 11.8 Å². The molecule has 3 nitrogen and oxygen atoms in total. The van der Waals surface area contributed by atoms with Crippen molar-refractivity contribution in [2.45, 2.75) is 23.8 Å². The van der Waals surface area contributed by atoms with E-state index in [0.29, 0.717) is 6.54 Å². The Bertz CT molecular complexity index is 701. The third-order valence-electron chi connectivity index (χ3n) is 4.27. The van der Waals surface area contributed by atoms with E-state index in [-0.39, 0.29) is 11.9 Å². The highest BCUT2D eigenvalue weighted by Gasteiger charge is 2.22. The van der Waals surface area contributed by atoms with Gasteiger partial charge in [0.15, 0.2) is 0 Å². The summed E-state index contributed by atoms with van der Waals surface area (Å²) in [5.74, 6) is 0.0867. The maximum atomic E-state index is 12.7. The van der Waals surface area contributed by atoms with Crippen LogP contribution in [0.25, 0.3) is 11.1 Å². The summed E-state index contributed by atoms with van der Waals surface area (Å²) in [6.07, 6.45) is 4.07. The smallest absolute Gasteiger partial charge is 0.253 e. The first-order chi connectivity index (χ1) is 11.2. The minimum Gasteiger partial charge on any atom is -0.337 e. The molecule has 23 heavy (non-hydrogen) atoms. The second kappa shape index (κ2) is 7.20. The average Bonchev–Trinajstić information content (AvgIpc) is 2.61. The average molecular weight is 326 g/mol. The van der Waals surface area contributed by atoms with E-state index in [1.807, 2.05) is 35.2 Å². The van der Waals surface area contributed by atoms with Gasteiger partial charge in [-0.2, -0.15) is 0 Å². The summed E-state index contributed by atoms with van der Waals surface area (Å²) in [7, 11) is 0. The molecule has 1 saturated heterocycles. The van der Waals surface area contributed by atoms with Crippen LogP contribution in [-0.4, -0.2) is 36.2 Å². The molecule has 1 fully saturated rings. The molecule has 1 heterocycles. The summed E-state index contributed by atoms with van der Waals surface area (Å²) in [5, 5.41) is 0. The number of rotatable bonds is 3. The number of nitrogens with two attached hydrogens (primary N) is 1. The molecule has 0 spiro atoms. The summed E-state index contributed by atoms with van der Waals surface area (Å²) in [4.78, 5) is 15.9. The Morgan fingerprint density at radius 3 is 2.83 bits per heavy atom. The molecular weight excluding hydrogens is 304 g/mol. The fourth-order valence-corrected chi connectivity index (χ4v) is 3.70. The molecule has 1 unspecified atom stereocenters. The van der Waals surface area contributed by atoms with E-state index in [4.69, 9.17) is 5.73 Å². The van der Waals surface area contributed by atoms with Gasteiger partial charge in [0.1, 0.15) is 0 Å². The van der Waals surface area contributed by atoms with Gasteiger partial charge >= 0.3 is 0 Å². The van der Waals surface area contributed by atoms with E-state index >= 15 is 0 Å². The maximum absolute atomic E-state index is 12.7. The van der Waals surface area contributed by atoms with Crippen molar-refractivity contribution in [1.82, 2.24) is 4.90 Å². The lowest BCUT2D eigenvalue weighted by atomic mass is 10.0. The molecule has 0 radical (unpaired) electrons. The molecule has 0 aliphatic carbocycles. The third-order valence-corrected chi connectivity index (χ3v) is 5.07. The predicted molar refractivity (Wildman–Crippen MR) is 96.8 cm³/mol. The summed E-state index contributed by atoms with van der Waals surface area (Å²) < 4.78 is 0. The van der Waals surface area contributed by atoms with Crippen molar-refractivity contribution in [2.75, 3.05) is 19.3 Å². The van der Waals surface area contributed by atoms with Gasteiger partial charge in [0.2, 0.25) is 0 Å². The lowest BCUT2D eigenvalue weighted by Gasteiger charge is -2.31. The van der Waals surface area contributed by atoms with Crippen LogP contribution in [0.5, 0.6) is 0 Å². The summed E-state index contributed by atoms with van der Waals surface area (Å²) >= 11 is 1.72. The van der Waals surface area contributed by atoms with Crippen molar-refractivity contribution < 1.29 is 4.79 Å². The molecule has 4 heteroatoms. The lowest BCUT2D eigenvalue weighted by Crippen LogP contribution is -2.45. The number of amides is 1. The first-order valence-electron chi connectivity index (χ1n) is 7.97. The number of benzene rings is 2. The van der Waals surface area contributed by atoms with Crippen LogP contribution in [-0.2, 0) is 0 Å². The normalized spacial score (nSPS) is 18.0. The molecule has 1 atom stereocenters. The zero-order valence-electron chi connectivity index (χ0n) is 13.4. The standard InChI is InChI=1S/C19H22N2OS/c1-23-18-10-3-2-9-17(18)14-6-4-7-15(12-14)19(22)21-11-5-8-16(20)13-21/h2-4,6-7,9-10,12,16H,5,8,11,13,20H2,1H3. The van der Waals surface area contributed by atoms with Crippen LogP contribution in [0.4, 0.5) is 0 Å². The minimum atomic E-state index is 0.0867. The van der Waals surface area contributed by atoms with Gasteiger partial charge in [-0.05, 0) is 48.4 Å². The third kappa shape index (κ3) is 3.59. The van der Waals surface area contributed by atoms with Gasteiger partial charge in [0.25, 0.3) is 5.91 Å². The molecule has 120 valence electrons.